The first-order chi connectivity index (χ1) is 13.0. The van der Waals surface area contributed by atoms with Crippen LogP contribution in [0.2, 0.25) is 0 Å². The van der Waals surface area contributed by atoms with Crippen molar-refractivity contribution in [1.29, 1.82) is 0 Å². The molecule has 3 aromatic heterocycles. The fourth-order valence-electron chi connectivity index (χ4n) is 3.04. The van der Waals surface area contributed by atoms with Gasteiger partial charge in [0.05, 0.1) is 36.4 Å². The van der Waals surface area contributed by atoms with Crippen LogP contribution in [0.15, 0.2) is 24.8 Å². The Balaban J connectivity index is 1.57. The molecular weight excluding hydrogens is 363 g/mol. The molecule has 9 nitrogen and oxygen atoms in total. The van der Waals surface area contributed by atoms with Gasteiger partial charge in [0.1, 0.15) is 11.4 Å². The minimum Gasteiger partial charge on any atom is -0.370 e. The van der Waals surface area contributed by atoms with Crippen molar-refractivity contribution in [3.8, 4) is 0 Å². The summed E-state index contributed by atoms with van der Waals surface area (Å²) in [7, 11) is 0. The number of rotatable bonds is 5. The average molecular weight is 379 g/mol. The number of nitrogens with zero attached hydrogens (tertiary/aromatic N) is 7. The molecule has 0 radical (unpaired) electrons. The van der Waals surface area contributed by atoms with Crippen LogP contribution in [-0.2, 0) is 19.1 Å². The second kappa shape index (κ2) is 6.52. The first-order valence-electron chi connectivity index (χ1n) is 8.31. The van der Waals surface area contributed by atoms with Crippen molar-refractivity contribution in [2.24, 2.45) is 0 Å². The highest BCUT2D eigenvalue weighted by molar-refractivity contribution is 5.59. The molecule has 1 unspecified atom stereocenters. The summed E-state index contributed by atoms with van der Waals surface area (Å²) < 4.78 is 42.8. The third-order valence-electron chi connectivity index (χ3n) is 4.26. The van der Waals surface area contributed by atoms with E-state index in [0.717, 1.165) is 11.9 Å². The van der Waals surface area contributed by atoms with Gasteiger partial charge in [0.2, 0.25) is 5.95 Å². The van der Waals surface area contributed by atoms with Crippen molar-refractivity contribution >= 4 is 17.5 Å². The Morgan fingerprint density at radius 3 is 2.85 bits per heavy atom. The maximum absolute atomic E-state index is 13.1. The molecule has 0 saturated carbocycles. The molecule has 4 rings (SSSR count). The molecular formula is C15H16F3N9. The minimum absolute atomic E-state index is 0.0685. The summed E-state index contributed by atoms with van der Waals surface area (Å²) in [5.41, 5.74) is 0.658. The topological polar surface area (TPSA) is 98.4 Å². The zero-order valence-electron chi connectivity index (χ0n) is 14.3. The first kappa shape index (κ1) is 17.2. The van der Waals surface area contributed by atoms with Crippen LogP contribution in [0.25, 0.3) is 0 Å². The van der Waals surface area contributed by atoms with Gasteiger partial charge in [-0.2, -0.15) is 23.3 Å². The molecule has 0 bridgehead atoms. The molecule has 0 aromatic carbocycles. The van der Waals surface area contributed by atoms with Gasteiger partial charge in [0.25, 0.3) is 0 Å². The number of fused-ring (bicyclic) bond motifs is 1. The molecule has 1 aliphatic rings. The highest BCUT2D eigenvalue weighted by atomic mass is 19.4. The molecule has 1 aliphatic heterocycles. The van der Waals surface area contributed by atoms with Crippen LogP contribution in [0.1, 0.15) is 24.2 Å². The minimum atomic E-state index is -4.53. The summed E-state index contributed by atoms with van der Waals surface area (Å²) in [6.07, 6.45) is 1.91. The lowest BCUT2D eigenvalue weighted by molar-refractivity contribution is -0.137. The second-order valence-electron chi connectivity index (χ2n) is 6.04. The van der Waals surface area contributed by atoms with Crippen LogP contribution in [0.4, 0.5) is 30.6 Å². The molecule has 0 fully saturated rings. The van der Waals surface area contributed by atoms with Crippen molar-refractivity contribution < 1.29 is 13.2 Å². The summed E-state index contributed by atoms with van der Waals surface area (Å²) in [6, 6.07) is 0.0857. The zero-order valence-corrected chi connectivity index (χ0v) is 14.3. The van der Waals surface area contributed by atoms with Gasteiger partial charge in [-0.15, -0.1) is 5.10 Å². The fraction of sp³-hybridized carbons (Fsp3) is 0.400. The molecule has 27 heavy (non-hydrogen) atoms. The Kier molecular flexibility index (Phi) is 4.16. The van der Waals surface area contributed by atoms with E-state index >= 15 is 0 Å². The van der Waals surface area contributed by atoms with Crippen LogP contribution in [0.5, 0.6) is 0 Å². The largest absolute Gasteiger partial charge is 0.421 e. The number of aromatic nitrogens is 7. The number of anilines is 3. The lowest BCUT2D eigenvalue weighted by atomic mass is 10.2. The van der Waals surface area contributed by atoms with Crippen LogP contribution >= 0.6 is 0 Å². The van der Waals surface area contributed by atoms with Gasteiger partial charge >= 0.3 is 6.18 Å². The highest BCUT2D eigenvalue weighted by Crippen LogP contribution is 2.35. The highest BCUT2D eigenvalue weighted by Gasteiger charge is 2.35. The average Bonchev–Trinajstić information content (AvgIpc) is 3.32. The van der Waals surface area contributed by atoms with E-state index < -0.39 is 11.7 Å². The van der Waals surface area contributed by atoms with Gasteiger partial charge in [0.15, 0.2) is 0 Å². The van der Waals surface area contributed by atoms with E-state index in [9.17, 15) is 13.2 Å². The van der Waals surface area contributed by atoms with Gasteiger partial charge < -0.3 is 10.6 Å². The molecule has 2 N–H and O–H groups in total. The number of halogens is 3. The lowest BCUT2D eigenvalue weighted by Gasteiger charge is -2.14. The molecule has 12 heteroatoms. The van der Waals surface area contributed by atoms with E-state index in [4.69, 9.17) is 0 Å². The smallest absolute Gasteiger partial charge is 0.370 e. The summed E-state index contributed by atoms with van der Waals surface area (Å²) in [5.74, 6) is -0.189. The maximum atomic E-state index is 13.1. The second-order valence-corrected chi connectivity index (χ2v) is 6.04. The van der Waals surface area contributed by atoms with Gasteiger partial charge in [-0.25, -0.2) is 9.67 Å². The Hall–Kier alpha value is -3.18. The fourth-order valence-corrected chi connectivity index (χ4v) is 3.04. The van der Waals surface area contributed by atoms with Crippen molar-refractivity contribution in [2.75, 3.05) is 17.2 Å². The molecule has 4 heterocycles. The Morgan fingerprint density at radius 1 is 1.30 bits per heavy atom. The Labute approximate surface area is 151 Å². The SMILES string of the molecule is CCNc1nc(Nc2cnn3c2CC(n2ccnn2)C3)ncc1C(F)(F)F. The lowest BCUT2D eigenvalue weighted by Crippen LogP contribution is -2.14. The molecule has 3 aromatic rings. The molecule has 0 spiro atoms. The third-order valence-corrected chi connectivity index (χ3v) is 4.26. The molecule has 0 saturated heterocycles. The van der Waals surface area contributed by atoms with Crippen molar-refractivity contribution in [2.45, 2.75) is 32.1 Å². The predicted molar refractivity (Wildman–Crippen MR) is 89.5 cm³/mol. The van der Waals surface area contributed by atoms with Crippen LogP contribution in [-0.4, -0.2) is 41.3 Å². The van der Waals surface area contributed by atoms with E-state index in [1.165, 1.54) is 0 Å². The number of hydrogen-bond acceptors (Lipinski definition) is 7. The molecule has 0 aliphatic carbocycles. The summed E-state index contributed by atoms with van der Waals surface area (Å²) in [5, 5.41) is 17.7. The van der Waals surface area contributed by atoms with E-state index in [2.05, 4.69) is 36.0 Å². The number of hydrogen-bond donors (Lipinski definition) is 2. The summed E-state index contributed by atoms with van der Waals surface area (Å²) in [6.45, 7) is 2.64. The first-order valence-corrected chi connectivity index (χ1v) is 8.31. The Morgan fingerprint density at radius 2 is 2.15 bits per heavy atom. The van der Waals surface area contributed by atoms with Gasteiger partial charge in [-0.3, -0.25) is 4.68 Å². The number of alkyl halides is 3. The summed E-state index contributed by atoms with van der Waals surface area (Å²) >= 11 is 0. The predicted octanol–water partition coefficient (Wildman–Crippen LogP) is 2.26. The number of nitrogens with one attached hydrogen (secondary N) is 2. The monoisotopic (exact) mass is 379 g/mol. The van der Waals surface area contributed by atoms with E-state index in [0.29, 0.717) is 25.2 Å². The quantitative estimate of drug-likeness (QED) is 0.702. The third kappa shape index (κ3) is 3.29. The van der Waals surface area contributed by atoms with E-state index in [1.807, 2.05) is 4.68 Å². The molecule has 142 valence electrons. The van der Waals surface area contributed by atoms with Crippen LogP contribution < -0.4 is 10.6 Å². The van der Waals surface area contributed by atoms with Crippen LogP contribution in [0, 0.1) is 0 Å². The van der Waals surface area contributed by atoms with Crippen molar-refractivity contribution in [3.05, 3.63) is 36.0 Å². The van der Waals surface area contributed by atoms with Gasteiger partial charge in [-0.1, -0.05) is 5.21 Å². The standard InChI is InChI=1S/C15H16F3N9/c1-2-19-13-10(15(16,17)18)6-20-14(24-13)23-11-7-22-27-8-9(5-12(11)27)26-4-3-21-25-26/h3-4,6-7,9H,2,5,8H2,1H3,(H2,19,20,23,24). The molecule has 0 amide bonds. The van der Waals surface area contributed by atoms with Gasteiger partial charge in [0, 0.05) is 25.4 Å². The molecule has 1 atom stereocenters. The van der Waals surface area contributed by atoms with Crippen LogP contribution in [0.3, 0.4) is 0 Å². The zero-order chi connectivity index (χ0) is 19.0. The van der Waals surface area contributed by atoms with Gasteiger partial charge in [-0.05, 0) is 6.92 Å². The Bertz CT molecular complexity index is 933. The van der Waals surface area contributed by atoms with Crippen molar-refractivity contribution in [1.82, 2.24) is 34.7 Å². The van der Waals surface area contributed by atoms with Crippen molar-refractivity contribution in [3.63, 3.8) is 0 Å². The normalized spacial score (nSPS) is 16.4. The maximum Gasteiger partial charge on any atom is 0.421 e. The van der Waals surface area contributed by atoms with E-state index in [1.54, 1.807) is 30.2 Å². The summed E-state index contributed by atoms with van der Waals surface area (Å²) in [4.78, 5) is 7.79. The van der Waals surface area contributed by atoms with E-state index in [-0.39, 0.29) is 17.8 Å².